The second-order valence-corrected chi connectivity index (χ2v) is 7.43. The molecule has 7 nitrogen and oxygen atoms in total. The van der Waals surface area contributed by atoms with Crippen LogP contribution in [0.15, 0.2) is 59.6 Å². The van der Waals surface area contributed by atoms with Crippen molar-refractivity contribution in [3.05, 3.63) is 77.4 Å². The molecule has 0 aliphatic rings. The Balaban J connectivity index is 0.00000363. The first-order valence-electron chi connectivity index (χ1n) is 10.7. The molecule has 1 heterocycles. The number of ether oxygens (including phenoxy) is 1. The maximum Gasteiger partial charge on any atom is 0.191 e. The molecule has 0 bridgehead atoms. The highest BCUT2D eigenvalue weighted by atomic mass is 127. The summed E-state index contributed by atoms with van der Waals surface area (Å²) in [6, 6.07) is 18.7. The maximum atomic E-state index is 5.23. The van der Waals surface area contributed by atoms with E-state index in [0.29, 0.717) is 6.54 Å². The molecule has 8 heteroatoms. The van der Waals surface area contributed by atoms with Crippen molar-refractivity contribution in [1.29, 1.82) is 0 Å². The molecule has 3 rings (SSSR count). The van der Waals surface area contributed by atoms with Gasteiger partial charge in [-0.3, -0.25) is 0 Å². The van der Waals surface area contributed by atoms with Crippen molar-refractivity contribution < 1.29 is 4.74 Å². The molecule has 3 aromatic rings. The largest absolute Gasteiger partial charge is 0.497 e. The van der Waals surface area contributed by atoms with Crippen LogP contribution in [-0.2, 0) is 26.4 Å². The molecule has 0 spiro atoms. The number of guanidine groups is 1. The lowest BCUT2D eigenvalue weighted by Gasteiger charge is -2.13. The van der Waals surface area contributed by atoms with Gasteiger partial charge in [-0.15, -0.1) is 34.2 Å². The second-order valence-electron chi connectivity index (χ2n) is 7.43. The topological polar surface area (TPSA) is 76.4 Å². The summed E-state index contributed by atoms with van der Waals surface area (Å²) in [6.45, 7) is 4.06. The van der Waals surface area contributed by atoms with Gasteiger partial charge in [-0.05, 0) is 49.4 Å². The van der Waals surface area contributed by atoms with E-state index in [9.17, 15) is 0 Å². The highest BCUT2D eigenvalue weighted by Crippen LogP contribution is 2.11. The molecule has 2 aromatic carbocycles. The summed E-state index contributed by atoms with van der Waals surface area (Å²) < 4.78 is 7.19. The van der Waals surface area contributed by atoms with Crippen molar-refractivity contribution in [3.63, 3.8) is 0 Å². The molecule has 0 atom stereocenters. The first-order chi connectivity index (χ1) is 15.2. The molecule has 0 unspecified atom stereocenters. The summed E-state index contributed by atoms with van der Waals surface area (Å²) in [6.07, 6.45) is 2.97. The minimum Gasteiger partial charge on any atom is -0.497 e. The number of aryl methyl sites for hydroxylation is 2. The Morgan fingerprint density at radius 2 is 1.62 bits per heavy atom. The molecule has 0 saturated heterocycles. The van der Waals surface area contributed by atoms with E-state index in [2.05, 4.69) is 57.2 Å². The highest BCUT2D eigenvalue weighted by Gasteiger charge is 2.05. The van der Waals surface area contributed by atoms with Gasteiger partial charge in [0.25, 0.3) is 0 Å². The smallest absolute Gasteiger partial charge is 0.191 e. The van der Waals surface area contributed by atoms with Crippen LogP contribution in [0.5, 0.6) is 5.75 Å². The maximum absolute atomic E-state index is 5.23. The lowest BCUT2D eigenvalue weighted by Crippen LogP contribution is -2.39. The number of halogens is 1. The van der Waals surface area contributed by atoms with Gasteiger partial charge in [0.05, 0.1) is 7.11 Å². The van der Waals surface area contributed by atoms with Gasteiger partial charge in [-0.2, -0.15) is 0 Å². The van der Waals surface area contributed by atoms with Crippen molar-refractivity contribution in [2.24, 2.45) is 12.0 Å². The van der Waals surface area contributed by atoms with Crippen LogP contribution < -0.4 is 15.4 Å². The van der Waals surface area contributed by atoms with E-state index >= 15 is 0 Å². The number of nitrogens with zero attached hydrogens (tertiary/aromatic N) is 4. The van der Waals surface area contributed by atoms with E-state index in [1.807, 2.05) is 36.7 Å². The Hall–Kier alpha value is -2.62. The van der Waals surface area contributed by atoms with Gasteiger partial charge >= 0.3 is 0 Å². The van der Waals surface area contributed by atoms with Crippen molar-refractivity contribution >= 4 is 29.9 Å². The third-order valence-electron chi connectivity index (χ3n) is 5.20. The molecule has 32 heavy (non-hydrogen) atoms. The Morgan fingerprint density at radius 3 is 2.28 bits per heavy atom. The third kappa shape index (κ3) is 8.14. The minimum absolute atomic E-state index is 0. The molecule has 0 amide bonds. The first kappa shape index (κ1) is 25.6. The summed E-state index contributed by atoms with van der Waals surface area (Å²) in [7, 11) is 3.64. The summed E-state index contributed by atoms with van der Waals surface area (Å²) in [5, 5.41) is 15.2. The average Bonchev–Trinajstić information content (AvgIpc) is 3.13. The Morgan fingerprint density at radius 1 is 0.938 bits per heavy atom. The summed E-state index contributed by atoms with van der Waals surface area (Å²) in [4.78, 5) is 4.72. The molecule has 0 saturated carbocycles. The Bertz CT molecular complexity index is 956. The summed E-state index contributed by atoms with van der Waals surface area (Å²) >= 11 is 0. The van der Waals surface area contributed by atoms with Crippen LogP contribution >= 0.6 is 24.0 Å². The van der Waals surface area contributed by atoms with Crippen LogP contribution in [0.2, 0.25) is 0 Å². The van der Waals surface area contributed by atoms with Gasteiger partial charge in [-0.25, -0.2) is 4.99 Å². The van der Waals surface area contributed by atoms with Crippen LogP contribution in [0, 0.1) is 6.92 Å². The van der Waals surface area contributed by atoms with Gasteiger partial charge < -0.3 is 19.9 Å². The zero-order valence-corrected chi connectivity index (χ0v) is 21.4. The number of nitrogens with one attached hydrogen (secondary N) is 2. The van der Waals surface area contributed by atoms with E-state index in [4.69, 9.17) is 9.73 Å². The van der Waals surface area contributed by atoms with Gasteiger partial charge in [-0.1, -0.05) is 42.5 Å². The summed E-state index contributed by atoms with van der Waals surface area (Å²) in [5.74, 6) is 3.40. The quantitative estimate of drug-likeness (QED) is 0.175. The summed E-state index contributed by atoms with van der Waals surface area (Å²) in [5.41, 5.74) is 2.60. The van der Waals surface area contributed by atoms with Gasteiger partial charge in [0.1, 0.15) is 18.1 Å². The standard InChI is InChI=1S/C24H32N6O.HI/c1-19-28-29-23(30(19)2)18-27-24(25-16-7-10-20-8-5-4-6-9-20)26-17-15-21-11-13-22(31-3)14-12-21;/h4-6,8-9,11-14H,7,10,15-18H2,1-3H3,(H2,25,26,27);1H. The molecule has 0 fully saturated rings. The number of methoxy groups -OCH3 is 1. The van der Waals surface area contributed by atoms with Crippen molar-refractivity contribution in [2.75, 3.05) is 20.2 Å². The van der Waals surface area contributed by atoms with Gasteiger partial charge in [0.2, 0.25) is 0 Å². The Labute approximate surface area is 207 Å². The molecule has 0 aliphatic carbocycles. The predicted molar refractivity (Wildman–Crippen MR) is 140 cm³/mol. The van der Waals surface area contributed by atoms with Crippen LogP contribution in [0.25, 0.3) is 0 Å². The number of hydrogen-bond acceptors (Lipinski definition) is 4. The SMILES string of the molecule is COc1ccc(CCNC(=NCc2nnc(C)n2C)NCCCc2ccccc2)cc1.I. The average molecular weight is 548 g/mol. The van der Waals surface area contributed by atoms with E-state index in [1.165, 1.54) is 11.1 Å². The highest BCUT2D eigenvalue weighted by molar-refractivity contribution is 14.0. The Kier molecular flexibility index (Phi) is 11.0. The van der Waals surface area contributed by atoms with Gasteiger partial charge in [0.15, 0.2) is 11.8 Å². The van der Waals surface area contributed by atoms with E-state index < -0.39 is 0 Å². The number of aliphatic imine (C=N–C) groups is 1. The van der Waals surface area contributed by atoms with Crippen molar-refractivity contribution in [3.8, 4) is 5.75 Å². The van der Waals surface area contributed by atoms with Crippen molar-refractivity contribution in [1.82, 2.24) is 25.4 Å². The normalized spacial score (nSPS) is 11.0. The second kappa shape index (κ2) is 13.7. The number of benzene rings is 2. The number of aromatic nitrogens is 3. The lowest BCUT2D eigenvalue weighted by molar-refractivity contribution is 0.414. The molecule has 1 aromatic heterocycles. The molecular formula is C24H33IN6O. The van der Waals surface area contributed by atoms with Crippen LogP contribution in [0.4, 0.5) is 0 Å². The number of rotatable bonds is 10. The first-order valence-corrected chi connectivity index (χ1v) is 10.7. The fraction of sp³-hybridized carbons (Fsp3) is 0.375. The molecule has 0 aliphatic heterocycles. The zero-order chi connectivity index (χ0) is 21.9. The fourth-order valence-corrected chi connectivity index (χ4v) is 3.17. The predicted octanol–water partition coefficient (Wildman–Crippen LogP) is 3.66. The van der Waals surface area contributed by atoms with E-state index in [0.717, 1.165) is 55.7 Å². The van der Waals surface area contributed by atoms with E-state index in [-0.39, 0.29) is 24.0 Å². The van der Waals surface area contributed by atoms with E-state index in [1.54, 1.807) is 7.11 Å². The van der Waals surface area contributed by atoms with Crippen LogP contribution in [-0.4, -0.2) is 40.9 Å². The van der Waals surface area contributed by atoms with Crippen LogP contribution in [0.3, 0.4) is 0 Å². The molecule has 0 radical (unpaired) electrons. The molecular weight excluding hydrogens is 515 g/mol. The number of hydrogen-bond donors (Lipinski definition) is 2. The third-order valence-corrected chi connectivity index (χ3v) is 5.20. The minimum atomic E-state index is 0. The molecule has 2 N–H and O–H groups in total. The lowest BCUT2D eigenvalue weighted by atomic mass is 10.1. The zero-order valence-electron chi connectivity index (χ0n) is 19.0. The van der Waals surface area contributed by atoms with Crippen molar-refractivity contribution in [2.45, 2.75) is 32.7 Å². The monoisotopic (exact) mass is 548 g/mol. The van der Waals surface area contributed by atoms with Gasteiger partial charge in [0, 0.05) is 20.1 Å². The van der Waals surface area contributed by atoms with Crippen LogP contribution in [0.1, 0.15) is 29.2 Å². The molecule has 172 valence electrons. The fourth-order valence-electron chi connectivity index (χ4n) is 3.17.